The number of rotatable bonds is 0. The van der Waals surface area contributed by atoms with Crippen molar-refractivity contribution in [2.24, 2.45) is 0 Å². The average Bonchev–Trinajstić information content (AvgIpc) is 2.47. The smallest absolute Gasteiger partial charge is 0.00977 e. The first-order valence-corrected chi connectivity index (χ1v) is 5.28. The average molecular weight is 192 g/mol. The van der Waals surface area contributed by atoms with Gasteiger partial charge in [-0.25, -0.2) is 0 Å². The highest BCUT2D eigenvalue weighted by atomic mass is 14.3. The van der Waals surface area contributed by atoms with E-state index in [1.807, 2.05) is 13.8 Å². The summed E-state index contributed by atoms with van der Waals surface area (Å²) in [7, 11) is 0. The first-order chi connectivity index (χ1) is 6.20. The maximum absolute atomic E-state index is 2.33. The van der Waals surface area contributed by atoms with Gasteiger partial charge in [0, 0.05) is 0 Å². The van der Waals surface area contributed by atoms with Gasteiger partial charge < -0.3 is 0 Å². The molecule has 1 aromatic carbocycles. The van der Waals surface area contributed by atoms with Crippen LogP contribution in [0, 0.1) is 0 Å². The molecule has 2 rings (SSSR count). The minimum absolute atomic E-state index is 0. The summed E-state index contributed by atoms with van der Waals surface area (Å²) in [5.41, 5.74) is 3.54. The van der Waals surface area contributed by atoms with Gasteiger partial charge in [0.15, 0.2) is 0 Å². The normalized spacial score (nSPS) is 16.0. The van der Waals surface area contributed by atoms with E-state index in [0.717, 1.165) is 0 Å². The molecule has 80 valence electrons. The zero-order valence-electron chi connectivity index (χ0n) is 9.22. The minimum atomic E-state index is 0. The monoisotopic (exact) mass is 192 g/mol. The van der Waals surface area contributed by atoms with Gasteiger partial charge in [-0.15, -0.1) is 0 Å². The lowest BCUT2D eigenvalue weighted by Crippen LogP contribution is -2.11. The van der Waals surface area contributed by atoms with E-state index in [4.69, 9.17) is 0 Å². The SMILES string of the molecule is C.CC.CC1(C)CCc2ccccc21. The van der Waals surface area contributed by atoms with Crippen LogP contribution in [0.25, 0.3) is 0 Å². The summed E-state index contributed by atoms with van der Waals surface area (Å²) in [6, 6.07) is 8.80. The van der Waals surface area contributed by atoms with E-state index in [9.17, 15) is 0 Å². The molecule has 0 amide bonds. The Labute approximate surface area is 89.4 Å². The third-order valence-electron chi connectivity index (χ3n) is 2.77. The minimum Gasteiger partial charge on any atom is -0.0776 e. The highest BCUT2D eigenvalue weighted by molar-refractivity contribution is 5.37. The van der Waals surface area contributed by atoms with Crippen molar-refractivity contribution in [3.63, 3.8) is 0 Å². The molecule has 14 heavy (non-hydrogen) atoms. The Hall–Kier alpha value is -0.780. The van der Waals surface area contributed by atoms with Crippen LogP contribution in [0.3, 0.4) is 0 Å². The van der Waals surface area contributed by atoms with Gasteiger partial charge in [0.05, 0.1) is 0 Å². The van der Waals surface area contributed by atoms with Gasteiger partial charge in [-0.3, -0.25) is 0 Å². The highest BCUT2D eigenvalue weighted by Crippen LogP contribution is 2.37. The van der Waals surface area contributed by atoms with Gasteiger partial charge in [0.2, 0.25) is 0 Å². The van der Waals surface area contributed by atoms with Crippen molar-refractivity contribution in [1.82, 2.24) is 0 Å². The van der Waals surface area contributed by atoms with Crippen LogP contribution in [0.4, 0.5) is 0 Å². The van der Waals surface area contributed by atoms with Crippen molar-refractivity contribution in [3.8, 4) is 0 Å². The van der Waals surface area contributed by atoms with Crippen LogP contribution in [-0.2, 0) is 11.8 Å². The van der Waals surface area contributed by atoms with Gasteiger partial charge in [-0.05, 0) is 29.4 Å². The molecule has 0 aliphatic heterocycles. The molecule has 0 bridgehead atoms. The Balaban J connectivity index is 0.000000531. The van der Waals surface area contributed by atoms with E-state index in [1.54, 1.807) is 11.1 Å². The first kappa shape index (κ1) is 13.2. The van der Waals surface area contributed by atoms with Crippen molar-refractivity contribution in [2.75, 3.05) is 0 Å². The third kappa shape index (κ3) is 2.37. The molecule has 0 fully saturated rings. The van der Waals surface area contributed by atoms with Crippen molar-refractivity contribution < 1.29 is 0 Å². The first-order valence-electron chi connectivity index (χ1n) is 5.28. The lowest BCUT2D eigenvalue weighted by atomic mass is 9.87. The number of hydrogen-bond acceptors (Lipinski definition) is 0. The quantitative estimate of drug-likeness (QED) is 0.564. The summed E-state index contributed by atoms with van der Waals surface area (Å²) in [5.74, 6) is 0. The summed E-state index contributed by atoms with van der Waals surface area (Å²) < 4.78 is 0. The van der Waals surface area contributed by atoms with Crippen molar-refractivity contribution in [3.05, 3.63) is 35.4 Å². The second kappa shape index (κ2) is 5.19. The summed E-state index contributed by atoms with van der Waals surface area (Å²) >= 11 is 0. The molecular formula is C14H24. The van der Waals surface area contributed by atoms with Crippen LogP contribution in [0.5, 0.6) is 0 Å². The van der Waals surface area contributed by atoms with Crippen LogP contribution in [0.1, 0.15) is 52.7 Å². The predicted molar refractivity (Wildman–Crippen MR) is 65.9 cm³/mol. The molecule has 0 aromatic heterocycles. The van der Waals surface area contributed by atoms with Gasteiger partial charge in [0.25, 0.3) is 0 Å². The van der Waals surface area contributed by atoms with Crippen molar-refractivity contribution in [1.29, 1.82) is 0 Å². The largest absolute Gasteiger partial charge is 0.0776 e. The summed E-state index contributed by atoms with van der Waals surface area (Å²) in [6.07, 6.45) is 2.58. The van der Waals surface area contributed by atoms with E-state index in [0.29, 0.717) is 5.41 Å². The van der Waals surface area contributed by atoms with Crippen LogP contribution in [-0.4, -0.2) is 0 Å². The molecule has 1 aromatic rings. The number of hydrogen-bond donors (Lipinski definition) is 0. The standard InChI is InChI=1S/C11H14.C2H6.CH4/c1-11(2)8-7-9-5-3-4-6-10(9)11;1-2;/h3-6H,7-8H2,1-2H3;1-2H3;1H4. The summed E-state index contributed by atoms with van der Waals surface area (Å²) in [6.45, 7) is 8.66. The molecule has 1 aliphatic carbocycles. The molecule has 1 aliphatic rings. The fourth-order valence-electron chi connectivity index (χ4n) is 1.98. The molecule has 0 saturated heterocycles. The van der Waals surface area contributed by atoms with E-state index in [-0.39, 0.29) is 7.43 Å². The highest BCUT2D eigenvalue weighted by Gasteiger charge is 2.28. The van der Waals surface area contributed by atoms with E-state index < -0.39 is 0 Å². The van der Waals surface area contributed by atoms with Crippen LogP contribution >= 0.6 is 0 Å². The second-order valence-corrected chi connectivity index (χ2v) is 4.04. The Morgan fingerprint density at radius 1 is 1.07 bits per heavy atom. The molecule has 0 radical (unpaired) electrons. The van der Waals surface area contributed by atoms with Gasteiger partial charge in [-0.2, -0.15) is 0 Å². The summed E-state index contributed by atoms with van der Waals surface area (Å²) in [5, 5.41) is 0. The number of benzene rings is 1. The Bertz CT molecular complexity index is 271. The van der Waals surface area contributed by atoms with E-state index >= 15 is 0 Å². The van der Waals surface area contributed by atoms with Gasteiger partial charge >= 0.3 is 0 Å². The molecule has 0 N–H and O–H groups in total. The predicted octanol–water partition coefficient (Wildman–Crippen LogP) is 4.57. The molecule has 0 nitrogen and oxygen atoms in total. The molecule has 0 saturated carbocycles. The Morgan fingerprint density at radius 3 is 2.21 bits per heavy atom. The zero-order valence-corrected chi connectivity index (χ0v) is 9.22. The van der Waals surface area contributed by atoms with Crippen LogP contribution in [0.15, 0.2) is 24.3 Å². The Morgan fingerprint density at radius 2 is 1.64 bits per heavy atom. The molecule has 0 heteroatoms. The van der Waals surface area contributed by atoms with E-state index in [1.165, 1.54) is 12.8 Å². The maximum atomic E-state index is 2.33. The topological polar surface area (TPSA) is 0 Å². The van der Waals surface area contributed by atoms with E-state index in [2.05, 4.69) is 38.1 Å². The Kier molecular flexibility index (Phi) is 4.90. The maximum Gasteiger partial charge on any atom is -0.00977 e. The summed E-state index contributed by atoms with van der Waals surface area (Å²) in [4.78, 5) is 0. The fraction of sp³-hybridized carbons (Fsp3) is 0.571. The third-order valence-corrected chi connectivity index (χ3v) is 2.77. The molecule has 0 atom stereocenters. The molecule has 0 heterocycles. The van der Waals surface area contributed by atoms with Gasteiger partial charge in [0.1, 0.15) is 0 Å². The van der Waals surface area contributed by atoms with Crippen molar-refractivity contribution >= 4 is 0 Å². The lowest BCUT2D eigenvalue weighted by Gasteiger charge is -2.18. The van der Waals surface area contributed by atoms with Crippen LogP contribution in [0.2, 0.25) is 0 Å². The zero-order chi connectivity index (χ0) is 9.90. The lowest BCUT2D eigenvalue weighted by molar-refractivity contribution is 0.522. The fourth-order valence-corrected chi connectivity index (χ4v) is 1.98. The second-order valence-electron chi connectivity index (χ2n) is 4.04. The van der Waals surface area contributed by atoms with Gasteiger partial charge in [-0.1, -0.05) is 59.4 Å². The number of aryl methyl sites for hydroxylation is 1. The van der Waals surface area contributed by atoms with Crippen LogP contribution < -0.4 is 0 Å². The number of fused-ring (bicyclic) bond motifs is 1. The molecule has 0 spiro atoms. The molecular weight excluding hydrogens is 168 g/mol. The van der Waals surface area contributed by atoms with Crippen molar-refractivity contribution in [2.45, 2.75) is 53.4 Å². The molecule has 0 unspecified atom stereocenters.